The number of hydrogen-bond donors (Lipinski definition) is 2. The first-order chi connectivity index (χ1) is 9.11. The number of carbonyl (C=O) groups is 1. The second-order valence-electron chi connectivity index (χ2n) is 5.17. The maximum absolute atomic E-state index is 12.2. The summed E-state index contributed by atoms with van der Waals surface area (Å²) in [5.41, 5.74) is 0.946. The topological polar surface area (TPSA) is 50.4 Å². The zero-order valence-corrected chi connectivity index (χ0v) is 11.8. The first-order valence-electron chi connectivity index (χ1n) is 6.91. The molecule has 3 unspecified atom stereocenters. The van der Waals surface area contributed by atoms with Crippen molar-refractivity contribution in [1.29, 1.82) is 0 Å². The molecule has 0 saturated heterocycles. The number of ether oxygens (including phenoxy) is 1. The predicted molar refractivity (Wildman–Crippen MR) is 76.4 cm³/mol. The molecule has 1 heterocycles. The van der Waals surface area contributed by atoms with Gasteiger partial charge in [0.1, 0.15) is 5.75 Å². The maximum atomic E-state index is 12.2. The molecular formula is C15H22N2O2. The van der Waals surface area contributed by atoms with Gasteiger partial charge in [0.2, 0.25) is 0 Å². The monoisotopic (exact) mass is 262 g/mol. The van der Waals surface area contributed by atoms with E-state index in [1.807, 2.05) is 31.2 Å². The van der Waals surface area contributed by atoms with Gasteiger partial charge in [-0.15, -0.1) is 0 Å². The Balaban J connectivity index is 1.95. The SMILES string of the molecule is CCC(C)C(C)NC(=O)C1CNc2ccccc2O1. The van der Waals surface area contributed by atoms with Crippen molar-refractivity contribution >= 4 is 11.6 Å². The minimum Gasteiger partial charge on any atom is -0.477 e. The number of fused-ring (bicyclic) bond motifs is 1. The van der Waals surface area contributed by atoms with Crippen LogP contribution in [0.2, 0.25) is 0 Å². The zero-order valence-electron chi connectivity index (χ0n) is 11.8. The lowest BCUT2D eigenvalue weighted by Gasteiger charge is -2.28. The Labute approximate surface area is 114 Å². The van der Waals surface area contributed by atoms with Crippen LogP contribution in [0.15, 0.2) is 24.3 Å². The molecule has 3 atom stereocenters. The largest absolute Gasteiger partial charge is 0.477 e. The van der Waals surface area contributed by atoms with E-state index in [1.54, 1.807) is 0 Å². The third-order valence-corrected chi connectivity index (χ3v) is 3.79. The van der Waals surface area contributed by atoms with Crippen LogP contribution in [-0.4, -0.2) is 24.6 Å². The van der Waals surface area contributed by atoms with Gasteiger partial charge in [-0.05, 0) is 25.0 Å². The second-order valence-corrected chi connectivity index (χ2v) is 5.17. The number of carbonyl (C=O) groups excluding carboxylic acids is 1. The van der Waals surface area contributed by atoms with Crippen LogP contribution in [0, 0.1) is 5.92 Å². The Morgan fingerprint density at radius 2 is 2.21 bits per heavy atom. The molecule has 1 aromatic carbocycles. The zero-order chi connectivity index (χ0) is 13.8. The van der Waals surface area contributed by atoms with Crippen LogP contribution in [0.3, 0.4) is 0 Å². The van der Waals surface area contributed by atoms with E-state index in [1.165, 1.54) is 0 Å². The molecule has 104 valence electrons. The highest BCUT2D eigenvalue weighted by molar-refractivity contribution is 5.83. The van der Waals surface area contributed by atoms with Gasteiger partial charge < -0.3 is 15.4 Å². The molecule has 1 aliphatic heterocycles. The normalized spacial score (nSPS) is 20.5. The van der Waals surface area contributed by atoms with Crippen molar-refractivity contribution in [1.82, 2.24) is 5.32 Å². The standard InChI is InChI=1S/C15H22N2O2/c1-4-10(2)11(3)17-15(18)14-9-16-12-7-5-6-8-13(12)19-14/h5-8,10-11,14,16H,4,9H2,1-3H3,(H,17,18). The summed E-state index contributed by atoms with van der Waals surface area (Å²) in [6.45, 7) is 6.81. The van der Waals surface area contributed by atoms with Gasteiger partial charge in [-0.3, -0.25) is 4.79 Å². The molecule has 1 aromatic rings. The molecule has 4 heteroatoms. The van der Waals surface area contributed by atoms with Crippen molar-refractivity contribution in [3.05, 3.63) is 24.3 Å². The Bertz CT molecular complexity index is 448. The van der Waals surface area contributed by atoms with Crippen LogP contribution in [0.1, 0.15) is 27.2 Å². The Kier molecular flexibility index (Phi) is 4.30. The van der Waals surface area contributed by atoms with Gasteiger partial charge in [0.15, 0.2) is 6.10 Å². The number of para-hydroxylation sites is 2. The summed E-state index contributed by atoms with van der Waals surface area (Å²) in [6, 6.07) is 7.84. The molecule has 0 aromatic heterocycles. The van der Waals surface area contributed by atoms with E-state index in [0.717, 1.165) is 17.9 Å². The smallest absolute Gasteiger partial charge is 0.263 e. The van der Waals surface area contributed by atoms with Crippen molar-refractivity contribution in [3.8, 4) is 5.75 Å². The van der Waals surface area contributed by atoms with Crippen molar-refractivity contribution in [3.63, 3.8) is 0 Å². The molecule has 4 nitrogen and oxygen atoms in total. The molecule has 1 aliphatic rings. The summed E-state index contributed by atoms with van der Waals surface area (Å²) < 4.78 is 5.73. The molecule has 19 heavy (non-hydrogen) atoms. The lowest BCUT2D eigenvalue weighted by atomic mass is 10.0. The van der Waals surface area contributed by atoms with E-state index in [2.05, 4.69) is 24.5 Å². The molecule has 0 spiro atoms. The van der Waals surface area contributed by atoms with Crippen LogP contribution >= 0.6 is 0 Å². The van der Waals surface area contributed by atoms with E-state index in [9.17, 15) is 4.79 Å². The van der Waals surface area contributed by atoms with E-state index >= 15 is 0 Å². The van der Waals surface area contributed by atoms with Gasteiger partial charge in [-0.2, -0.15) is 0 Å². The molecule has 2 N–H and O–H groups in total. The number of nitrogens with one attached hydrogen (secondary N) is 2. The molecule has 0 aliphatic carbocycles. The number of anilines is 1. The first-order valence-corrected chi connectivity index (χ1v) is 6.91. The summed E-state index contributed by atoms with van der Waals surface area (Å²) in [6.07, 6.45) is 0.593. The van der Waals surface area contributed by atoms with Crippen LogP contribution in [0.5, 0.6) is 5.75 Å². The third-order valence-electron chi connectivity index (χ3n) is 3.79. The highest BCUT2D eigenvalue weighted by Crippen LogP contribution is 2.28. The lowest BCUT2D eigenvalue weighted by Crippen LogP contribution is -2.48. The fraction of sp³-hybridized carbons (Fsp3) is 0.533. The molecule has 2 rings (SSSR count). The summed E-state index contributed by atoms with van der Waals surface area (Å²) in [5, 5.41) is 6.25. The third kappa shape index (κ3) is 3.19. The first kappa shape index (κ1) is 13.7. The molecule has 0 fully saturated rings. The summed E-state index contributed by atoms with van der Waals surface area (Å²) >= 11 is 0. The lowest BCUT2D eigenvalue weighted by molar-refractivity contribution is -0.128. The average Bonchev–Trinajstić information content (AvgIpc) is 2.45. The molecule has 0 saturated carbocycles. The van der Waals surface area contributed by atoms with Crippen molar-refractivity contribution in [2.45, 2.75) is 39.3 Å². The van der Waals surface area contributed by atoms with Gasteiger partial charge in [-0.1, -0.05) is 32.4 Å². The van der Waals surface area contributed by atoms with E-state index < -0.39 is 6.10 Å². The Hall–Kier alpha value is -1.71. The highest BCUT2D eigenvalue weighted by atomic mass is 16.5. The fourth-order valence-corrected chi connectivity index (χ4v) is 2.07. The van der Waals surface area contributed by atoms with E-state index in [0.29, 0.717) is 12.5 Å². The van der Waals surface area contributed by atoms with Gasteiger partial charge in [0, 0.05) is 6.04 Å². The second kappa shape index (κ2) is 5.95. The number of hydrogen-bond acceptors (Lipinski definition) is 3. The minimum atomic E-state index is -0.457. The van der Waals surface area contributed by atoms with Crippen LogP contribution in [-0.2, 0) is 4.79 Å². The quantitative estimate of drug-likeness (QED) is 0.876. The maximum Gasteiger partial charge on any atom is 0.263 e. The van der Waals surface area contributed by atoms with E-state index in [-0.39, 0.29) is 11.9 Å². The van der Waals surface area contributed by atoms with Crippen LogP contribution < -0.4 is 15.4 Å². The summed E-state index contributed by atoms with van der Waals surface area (Å²) in [7, 11) is 0. The van der Waals surface area contributed by atoms with E-state index in [4.69, 9.17) is 4.74 Å². The van der Waals surface area contributed by atoms with Gasteiger partial charge in [0.05, 0.1) is 12.2 Å². The predicted octanol–water partition coefficient (Wildman–Crippen LogP) is 2.41. The molecule has 1 amide bonds. The van der Waals surface area contributed by atoms with Gasteiger partial charge in [-0.25, -0.2) is 0 Å². The van der Waals surface area contributed by atoms with Crippen molar-refractivity contribution in [2.24, 2.45) is 5.92 Å². The summed E-state index contributed by atoms with van der Waals surface area (Å²) in [5.74, 6) is 1.16. The van der Waals surface area contributed by atoms with Gasteiger partial charge >= 0.3 is 0 Å². The fourth-order valence-electron chi connectivity index (χ4n) is 2.07. The van der Waals surface area contributed by atoms with Crippen molar-refractivity contribution in [2.75, 3.05) is 11.9 Å². The highest BCUT2D eigenvalue weighted by Gasteiger charge is 2.27. The number of rotatable bonds is 4. The van der Waals surface area contributed by atoms with Gasteiger partial charge in [0.25, 0.3) is 5.91 Å². The average molecular weight is 262 g/mol. The van der Waals surface area contributed by atoms with Crippen LogP contribution in [0.4, 0.5) is 5.69 Å². The summed E-state index contributed by atoms with van der Waals surface area (Å²) in [4.78, 5) is 12.2. The van der Waals surface area contributed by atoms with Crippen LogP contribution in [0.25, 0.3) is 0 Å². The number of amides is 1. The minimum absolute atomic E-state index is 0.0465. The Morgan fingerprint density at radius 3 is 2.95 bits per heavy atom. The Morgan fingerprint density at radius 1 is 1.47 bits per heavy atom. The van der Waals surface area contributed by atoms with Crippen molar-refractivity contribution < 1.29 is 9.53 Å². The molecule has 0 bridgehead atoms. The number of benzene rings is 1. The molecular weight excluding hydrogens is 240 g/mol. The molecule has 0 radical (unpaired) electrons.